The molecule has 0 aliphatic heterocycles. The Balaban J connectivity index is 1.25. The van der Waals surface area contributed by atoms with E-state index < -0.39 is 24.3 Å². The smallest absolute Gasteiger partial charge is 0.297 e. The Morgan fingerprint density at radius 2 is 1.54 bits per heavy atom. The van der Waals surface area contributed by atoms with E-state index >= 15 is 0 Å². The maximum atomic E-state index is 13.0. The molecular formula is C42H53N5O8SSi. The predicted octanol–water partition coefficient (Wildman–Crippen LogP) is 7.72. The minimum atomic E-state index is -3.88. The molecule has 57 heavy (non-hydrogen) atoms. The fourth-order valence-electron chi connectivity index (χ4n) is 5.55. The predicted molar refractivity (Wildman–Crippen MR) is 225 cm³/mol. The number of hydrogen-bond acceptors (Lipinski definition) is 12. The van der Waals surface area contributed by atoms with E-state index in [0.29, 0.717) is 41.4 Å². The number of aromatic nitrogens is 3. The topological polar surface area (TPSA) is 151 Å². The first-order valence-corrected chi connectivity index (χ1v) is 23.1. The molecule has 3 aromatic carbocycles. The van der Waals surface area contributed by atoms with Gasteiger partial charge in [0.15, 0.2) is 8.32 Å². The van der Waals surface area contributed by atoms with Crippen LogP contribution in [0.3, 0.4) is 0 Å². The Morgan fingerprint density at radius 3 is 2.23 bits per heavy atom. The average molecular weight is 816 g/mol. The highest BCUT2D eigenvalue weighted by atomic mass is 32.2. The first-order chi connectivity index (χ1) is 27.1. The molecule has 0 atom stereocenters. The lowest BCUT2D eigenvalue weighted by Gasteiger charge is -2.36. The number of pyridine rings is 1. The van der Waals surface area contributed by atoms with Crippen molar-refractivity contribution in [3.63, 3.8) is 0 Å². The summed E-state index contributed by atoms with van der Waals surface area (Å²) < 4.78 is 52.9. The van der Waals surface area contributed by atoms with Crippen LogP contribution in [-0.4, -0.2) is 91.3 Å². The van der Waals surface area contributed by atoms with Crippen molar-refractivity contribution in [3.8, 4) is 22.8 Å². The first-order valence-electron chi connectivity index (χ1n) is 18.8. The van der Waals surface area contributed by atoms with Crippen molar-refractivity contribution in [1.82, 2.24) is 20.3 Å². The molecule has 0 aliphatic carbocycles. The second kappa shape index (κ2) is 19.0. The summed E-state index contributed by atoms with van der Waals surface area (Å²) in [5, 5.41) is 2.90. The summed E-state index contributed by atoms with van der Waals surface area (Å²) in [6.07, 6.45) is 4.02. The summed E-state index contributed by atoms with van der Waals surface area (Å²) in [6, 6.07) is 21.6. The Labute approximate surface area is 337 Å². The highest BCUT2D eigenvalue weighted by Gasteiger charge is 2.36. The third-order valence-corrected chi connectivity index (χ3v) is 15.7. The van der Waals surface area contributed by atoms with E-state index in [1.54, 1.807) is 50.9 Å². The molecule has 13 nitrogen and oxygen atoms in total. The molecule has 0 radical (unpaired) electrons. The van der Waals surface area contributed by atoms with E-state index in [2.05, 4.69) is 54.0 Å². The Bertz CT molecular complexity index is 2230. The number of ether oxygens (including phenoxy) is 3. The van der Waals surface area contributed by atoms with E-state index in [4.69, 9.17) is 27.8 Å². The summed E-state index contributed by atoms with van der Waals surface area (Å²) in [5.41, 5.74) is 5.61. The van der Waals surface area contributed by atoms with Gasteiger partial charge in [-0.2, -0.15) is 8.42 Å². The van der Waals surface area contributed by atoms with Crippen molar-refractivity contribution in [1.29, 1.82) is 0 Å². The maximum Gasteiger partial charge on any atom is 0.297 e. The lowest BCUT2D eigenvalue weighted by Crippen LogP contribution is -2.41. The van der Waals surface area contributed by atoms with Crippen LogP contribution in [0.15, 0.2) is 90.1 Å². The number of fused-ring (bicyclic) bond motifs is 1. The fourth-order valence-corrected chi connectivity index (χ4v) is 7.53. The molecule has 2 heterocycles. The summed E-state index contributed by atoms with van der Waals surface area (Å²) in [7, 11) is -2.52. The van der Waals surface area contributed by atoms with Crippen molar-refractivity contribution in [2.45, 2.75) is 57.1 Å². The zero-order chi connectivity index (χ0) is 41.2. The zero-order valence-corrected chi connectivity index (χ0v) is 35.8. The van der Waals surface area contributed by atoms with Crippen molar-refractivity contribution < 1.29 is 36.0 Å². The first kappa shape index (κ1) is 43.2. The molecule has 2 aromatic heterocycles. The third-order valence-electron chi connectivity index (χ3n) is 9.88. The summed E-state index contributed by atoms with van der Waals surface area (Å²) in [6.45, 7) is 14.6. The molecule has 0 saturated heterocycles. The average Bonchev–Trinajstić information content (AvgIpc) is 3.19. The minimum absolute atomic E-state index is 0.0359. The molecule has 0 spiro atoms. The van der Waals surface area contributed by atoms with Gasteiger partial charge in [0, 0.05) is 61.0 Å². The number of rotatable bonds is 19. The molecule has 304 valence electrons. The second-order valence-corrected chi connectivity index (χ2v) is 21.4. The molecule has 5 aromatic rings. The van der Waals surface area contributed by atoms with Gasteiger partial charge in [0.2, 0.25) is 0 Å². The number of hydrogen-bond donors (Lipinski definition) is 1. The molecule has 0 fully saturated rings. The van der Waals surface area contributed by atoms with Crippen molar-refractivity contribution in [2.75, 3.05) is 58.6 Å². The molecule has 15 heteroatoms. The van der Waals surface area contributed by atoms with Gasteiger partial charge in [0.25, 0.3) is 16.0 Å². The lowest BCUT2D eigenvalue weighted by atomic mass is 10.1. The number of benzene rings is 3. The SMILES string of the molecule is COc1cc(OC)cc(N(CCCO[Si](C)(C)C(C)(C)C)c2ccc3ncc(-c4ccnc(C(=O)NCCOCCOS(=O)(=O)c5ccc(C)cc5)c4)nc3c2)c1. The van der Waals surface area contributed by atoms with E-state index in [-0.39, 0.29) is 42.0 Å². The molecule has 1 N–H and O–H groups in total. The van der Waals surface area contributed by atoms with E-state index in [9.17, 15) is 13.2 Å². The highest BCUT2D eigenvalue weighted by molar-refractivity contribution is 7.86. The number of carbonyl (C=O) groups excluding carboxylic acids is 1. The van der Waals surface area contributed by atoms with Crippen molar-refractivity contribution in [2.24, 2.45) is 0 Å². The van der Waals surface area contributed by atoms with Crippen molar-refractivity contribution >= 4 is 46.8 Å². The molecule has 0 aliphatic rings. The maximum absolute atomic E-state index is 13.0. The molecule has 5 rings (SSSR count). The molecule has 0 bridgehead atoms. The quantitative estimate of drug-likeness (QED) is 0.0494. The largest absolute Gasteiger partial charge is 0.497 e. The number of amides is 1. The number of nitrogens with zero attached hydrogens (tertiary/aromatic N) is 4. The van der Waals surface area contributed by atoms with Gasteiger partial charge in [-0.3, -0.25) is 18.9 Å². The van der Waals surface area contributed by atoms with Gasteiger partial charge < -0.3 is 28.9 Å². The minimum Gasteiger partial charge on any atom is -0.497 e. The Hall–Kier alpha value is -4.93. The van der Waals surface area contributed by atoms with Crippen molar-refractivity contribution in [3.05, 3.63) is 96.4 Å². The number of anilines is 2. The lowest BCUT2D eigenvalue weighted by molar-refractivity contribution is 0.0869. The van der Waals surface area contributed by atoms with Crippen LogP contribution in [-0.2, 0) is 23.5 Å². The summed E-state index contributed by atoms with van der Waals surface area (Å²) in [5.74, 6) is 0.963. The monoisotopic (exact) mass is 815 g/mol. The van der Waals surface area contributed by atoms with Gasteiger partial charge in [-0.25, -0.2) is 4.98 Å². The summed E-state index contributed by atoms with van der Waals surface area (Å²) >= 11 is 0. The van der Waals surface area contributed by atoms with Crippen LogP contribution in [0.1, 0.15) is 43.2 Å². The van der Waals surface area contributed by atoms with Crippen LogP contribution >= 0.6 is 0 Å². The van der Waals surface area contributed by atoms with Gasteiger partial charge in [-0.15, -0.1) is 0 Å². The van der Waals surface area contributed by atoms with Gasteiger partial charge in [0.05, 0.1) is 61.9 Å². The zero-order valence-electron chi connectivity index (χ0n) is 34.0. The highest BCUT2D eigenvalue weighted by Crippen LogP contribution is 2.37. The second-order valence-electron chi connectivity index (χ2n) is 15.0. The molecule has 0 saturated carbocycles. The van der Waals surface area contributed by atoms with E-state index in [1.165, 1.54) is 12.1 Å². The summed E-state index contributed by atoms with van der Waals surface area (Å²) in [4.78, 5) is 29.2. The van der Waals surface area contributed by atoms with Crippen LogP contribution in [0, 0.1) is 6.92 Å². The standard InChI is InChI=1S/C42H53N5O8SSi/c1-30-10-13-36(14-11-30)56(49,50)54-23-22-53-21-18-44-41(48)39-24-31(16-17-43-39)40-29-45-37-15-12-32(27-38(37)46-40)47(19-9-20-55-57(7,8)42(2,3)4)33-25-34(51-5)28-35(26-33)52-6/h10-17,24-29H,9,18-23H2,1-8H3,(H,44,48). The molecule has 1 amide bonds. The van der Waals surface area contributed by atoms with E-state index in [1.807, 2.05) is 43.3 Å². The number of carbonyl (C=O) groups is 1. The van der Waals surface area contributed by atoms with Gasteiger partial charge in [-0.05, 0) is 73.9 Å². The number of aryl methyl sites for hydroxylation is 1. The van der Waals surface area contributed by atoms with Gasteiger partial charge >= 0.3 is 0 Å². The van der Waals surface area contributed by atoms with Gasteiger partial charge in [0.1, 0.15) is 17.2 Å². The number of methoxy groups -OCH3 is 2. The van der Waals surface area contributed by atoms with Crippen LogP contribution in [0.5, 0.6) is 11.5 Å². The number of nitrogens with one attached hydrogen (secondary N) is 1. The Morgan fingerprint density at radius 1 is 0.825 bits per heavy atom. The fraction of sp³-hybridized carbons (Fsp3) is 0.381. The molecular weight excluding hydrogens is 763 g/mol. The van der Waals surface area contributed by atoms with Crippen LogP contribution in [0.4, 0.5) is 11.4 Å². The van der Waals surface area contributed by atoms with Crippen LogP contribution in [0.25, 0.3) is 22.3 Å². The third kappa shape index (κ3) is 11.6. The van der Waals surface area contributed by atoms with Crippen LogP contribution in [0.2, 0.25) is 18.1 Å². The Kier molecular flexibility index (Phi) is 14.4. The van der Waals surface area contributed by atoms with Gasteiger partial charge in [-0.1, -0.05) is 38.5 Å². The van der Waals surface area contributed by atoms with E-state index in [0.717, 1.165) is 28.9 Å². The normalized spacial score (nSPS) is 12.1. The molecule has 0 unspecified atom stereocenters. The van der Waals surface area contributed by atoms with Crippen LogP contribution < -0.4 is 19.7 Å².